The van der Waals surface area contributed by atoms with Gasteiger partial charge in [-0.1, -0.05) is 103 Å². The maximum atomic E-state index is 9.81. The minimum absolute atomic E-state index is 0.385. The smallest absolute Gasteiger partial charge is 0.101 e. The standard InChI is InChI=1S/C36H20N2/c37-21-27-18-17-26(19-28(27)22-38)32-20-31(23-9-3-1-4-10-23)35-29-15-7-13-24-14-8-16-30(33(24)29)36(35)34(32)25-11-5-2-6-12-25/h1-20H. The average Bonchev–Trinajstić information content (AvgIpc) is 3.33. The molecular formula is C36H20N2. The molecule has 2 heteroatoms. The third kappa shape index (κ3) is 3.19. The molecule has 0 saturated heterocycles. The lowest BCUT2D eigenvalue weighted by Crippen LogP contribution is -1.95. The molecule has 0 bridgehead atoms. The Morgan fingerprint density at radius 2 is 1.00 bits per heavy atom. The zero-order valence-corrected chi connectivity index (χ0v) is 20.4. The van der Waals surface area contributed by atoms with Crippen LogP contribution in [-0.2, 0) is 0 Å². The number of hydrogen-bond acceptors (Lipinski definition) is 2. The molecule has 0 spiro atoms. The summed E-state index contributed by atoms with van der Waals surface area (Å²) in [5.74, 6) is 0. The molecule has 2 nitrogen and oxygen atoms in total. The summed E-state index contributed by atoms with van der Waals surface area (Å²) in [6.45, 7) is 0. The van der Waals surface area contributed by atoms with Gasteiger partial charge in [-0.25, -0.2) is 0 Å². The fourth-order valence-electron chi connectivity index (χ4n) is 5.87. The van der Waals surface area contributed by atoms with Crippen molar-refractivity contribution in [1.29, 1.82) is 10.5 Å². The van der Waals surface area contributed by atoms with E-state index in [2.05, 4.69) is 103 Å². The van der Waals surface area contributed by atoms with Crippen LogP contribution in [0.1, 0.15) is 11.1 Å². The Hall–Kier alpha value is -5.44. The molecule has 1 aliphatic rings. The Kier molecular flexibility index (Phi) is 4.93. The van der Waals surface area contributed by atoms with E-state index in [0.29, 0.717) is 11.1 Å². The molecule has 0 atom stereocenters. The van der Waals surface area contributed by atoms with Gasteiger partial charge in [0.2, 0.25) is 0 Å². The zero-order chi connectivity index (χ0) is 25.6. The Labute approximate surface area is 221 Å². The van der Waals surface area contributed by atoms with Crippen molar-refractivity contribution in [2.75, 3.05) is 0 Å². The molecule has 0 aromatic heterocycles. The number of nitriles is 2. The van der Waals surface area contributed by atoms with Gasteiger partial charge in [0.1, 0.15) is 12.1 Å². The van der Waals surface area contributed by atoms with Crippen LogP contribution in [-0.4, -0.2) is 0 Å². The molecule has 0 amide bonds. The summed E-state index contributed by atoms with van der Waals surface area (Å²) in [6, 6.07) is 46.3. The van der Waals surface area contributed by atoms with Crippen LogP contribution in [0.5, 0.6) is 0 Å². The molecule has 0 aliphatic heterocycles. The lowest BCUT2D eigenvalue weighted by molar-refractivity contribution is 1.43. The Balaban J connectivity index is 1.69. The third-order valence-electron chi connectivity index (χ3n) is 7.49. The van der Waals surface area contributed by atoms with Crippen LogP contribution >= 0.6 is 0 Å². The predicted molar refractivity (Wildman–Crippen MR) is 154 cm³/mol. The maximum Gasteiger partial charge on any atom is 0.101 e. The van der Waals surface area contributed by atoms with Crippen LogP contribution in [0.15, 0.2) is 121 Å². The quantitative estimate of drug-likeness (QED) is 0.253. The first kappa shape index (κ1) is 21.8. The molecule has 6 aromatic rings. The average molecular weight is 481 g/mol. The SMILES string of the molecule is N#Cc1ccc(-c2cc(-c3ccccc3)c3c(c2-c2ccccc2)-c2cccc4cccc-3c24)cc1C#N. The van der Waals surface area contributed by atoms with Gasteiger partial charge in [0, 0.05) is 0 Å². The van der Waals surface area contributed by atoms with E-state index in [4.69, 9.17) is 0 Å². The molecule has 0 N–H and O–H groups in total. The first-order chi connectivity index (χ1) is 18.8. The van der Waals surface area contributed by atoms with Crippen molar-refractivity contribution in [3.8, 4) is 67.8 Å². The van der Waals surface area contributed by atoms with E-state index in [1.807, 2.05) is 24.3 Å². The van der Waals surface area contributed by atoms with E-state index in [9.17, 15) is 10.5 Å². The molecule has 7 rings (SSSR count). The number of benzene rings is 6. The van der Waals surface area contributed by atoms with Crippen molar-refractivity contribution in [3.05, 3.63) is 132 Å². The van der Waals surface area contributed by atoms with Gasteiger partial charge < -0.3 is 0 Å². The molecule has 38 heavy (non-hydrogen) atoms. The van der Waals surface area contributed by atoms with Gasteiger partial charge in [0.15, 0.2) is 0 Å². The maximum absolute atomic E-state index is 9.81. The van der Waals surface area contributed by atoms with Crippen LogP contribution in [0.2, 0.25) is 0 Å². The van der Waals surface area contributed by atoms with Gasteiger partial charge in [-0.3, -0.25) is 0 Å². The molecule has 6 aromatic carbocycles. The minimum Gasteiger partial charge on any atom is -0.192 e. The second-order valence-corrected chi connectivity index (χ2v) is 9.52. The lowest BCUT2D eigenvalue weighted by Gasteiger charge is -2.21. The zero-order valence-electron chi connectivity index (χ0n) is 20.4. The largest absolute Gasteiger partial charge is 0.192 e. The summed E-state index contributed by atoms with van der Waals surface area (Å²) in [5, 5.41) is 21.9. The van der Waals surface area contributed by atoms with Gasteiger partial charge in [0.05, 0.1) is 11.1 Å². The molecule has 174 valence electrons. The molecule has 0 fully saturated rings. The van der Waals surface area contributed by atoms with Crippen LogP contribution in [0.3, 0.4) is 0 Å². The van der Waals surface area contributed by atoms with Gasteiger partial charge in [-0.15, -0.1) is 0 Å². The third-order valence-corrected chi connectivity index (χ3v) is 7.49. The van der Waals surface area contributed by atoms with Gasteiger partial charge in [0.25, 0.3) is 0 Å². The predicted octanol–water partition coefficient (Wildman–Crippen LogP) is 9.23. The second-order valence-electron chi connectivity index (χ2n) is 9.52. The van der Waals surface area contributed by atoms with E-state index in [-0.39, 0.29) is 0 Å². The summed E-state index contributed by atoms with van der Waals surface area (Å²) >= 11 is 0. The monoisotopic (exact) mass is 480 g/mol. The molecule has 0 radical (unpaired) electrons. The number of hydrogen-bond donors (Lipinski definition) is 0. The normalized spacial score (nSPS) is 11.1. The number of rotatable bonds is 3. The highest BCUT2D eigenvalue weighted by atomic mass is 14.3. The topological polar surface area (TPSA) is 47.6 Å². The van der Waals surface area contributed by atoms with Crippen molar-refractivity contribution < 1.29 is 0 Å². The first-order valence-corrected chi connectivity index (χ1v) is 12.6. The number of fused-ring (bicyclic) bond motifs is 3. The van der Waals surface area contributed by atoms with Gasteiger partial charge >= 0.3 is 0 Å². The fourth-order valence-corrected chi connectivity index (χ4v) is 5.87. The van der Waals surface area contributed by atoms with Crippen molar-refractivity contribution in [2.24, 2.45) is 0 Å². The summed E-state index contributed by atoms with van der Waals surface area (Å²) in [4.78, 5) is 0. The van der Waals surface area contributed by atoms with E-state index < -0.39 is 0 Å². The van der Waals surface area contributed by atoms with Crippen molar-refractivity contribution in [3.63, 3.8) is 0 Å². The van der Waals surface area contributed by atoms with Gasteiger partial charge in [-0.2, -0.15) is 10.5 Å². The van der Waals surface area contributed by atoms with Crippen LogP contribution in [0.25, 0.3) is 66.4 Å². The summed E-state index contributed by atoms with van der Waals surface area (Å²) in [7, 11) is 0. The summed E-state index contributed by atoms with van der Waals surface area (Å²) < 4.78 is 0. The van der Waals surface area contributed by atoms with Crippen LogP contribution in [0.4, 0.5) is 0 Å². The highest BCUT2D eigenvalue weighted by molar-refractivity contribution is 6.22. The molecule has 0 saturated carbocycles. The molecule has 0 heterocycles. The Morgan fingerprint density at radius 1 is 0.395 bits per heavy atom. The second kappa shape index (κ2) is 8.59. The highest BCUT2D eigenvalue weighted by Crippen LogP contribution is 2.57. The van der Waals surface area contributed by atoms with Crippen molar-refractivity contribution in [1.82, 2.24) is 0 Å². The number of nitrogens with zero attached hydrogens (tertiary/aromatic N) is 2. The van der Waals surface area contributed by atoms with Crippen LogP contribution < -0.4 is 0 Å². The van der Waals surface area contributed by atoms with Gasteiger partial charge in [-0.05, 0) is 84.6 Å². The lowest BCUT2D eigenvalue weighted by atomic mass is 9.82. The minimum atomic E-state index is 0.385. The summed E-state index contributed by atoms with van der Waals surface area (Å²) in [6.07, 6.45) is 0. The van der Waals surface area contributed by atoms with E-state index in [0.717, 1.165) is 33.4 Å². The van der Waals surface area contributed by atoms with Crippen molar-refractivity contribution >= 4 is 10.8 Å². The summed E-state index contributed by atoms with van der Waals surface area (Å²) in [5.41, 5.74) is 12.2. The van der Waals surface area contributed by atoms with Crippen molar-refractivity contribution in [2.45, 2.75) is 0 Å². The van der Waals surface area contributed by atoms with E-state index in [1.165, 1.54) is 33.0 Å². The Morgan fingerprint density at radius 3 is 1.66 bits per heavy atom. The van der Waals surface area contributed by atoms with Crippen LogP contribution in [0, 0.1) is 22.7 Å². The van der Waals surface area contributed by atoms with E-state index >= 15 is 0 Å². The fraction of sp³-hybridized carbons (Fsp3) is 0. The molecule has 1 aliphatic carbocycles. The molecular weight excluding hydrogens is 460 g/mol. The Bertz CT molecular complexity index is 1970. The highest BCUT2D eigenvalue weighted by Gasteiger charge is 2.30. The van der Waals surface area contributed by atoms with E-state index in [1.54, 1.807) is 6.07 Å². The molecule has 0 unspecified atom stereocenters. The first-order valence-electron chi connectivity index (χ1n) is 12.6.